The van der Waals surface area contributed by atoms with Gasteiger partial charge in [0.25, 0.3) is 0 Å². The van der Waals surface area contributed by atoms with Crippen molar-refractivity contribution in [2.45, 2.75) is 24.7 Å². The molecular weight excluding hydrogens is 288 g/mol. The number of nitrogens with one attached hydrogen (secondary N) is 1. The topological polar surface area (TPSA) is 15.3 Å². The van der Waals surface area contributed by atoms with E-state index in [9.17, 15) is 0 Å². The Hall–Kier alpha value is -0.380. The maximum atomic E-state index is 3.79. The molecule has 0 aliphatic carbocycles. The van der Waals surface area contributed by atoms with Crippen molar-refractivity contribution in [2.24, 2.45) is 0 Å². The van der Waals surface area contributed by atoms with Crippen molar-refractivity contribution < 1.29 is 0 Å². The van der Waals surface area contributed by atoms with Gasteiger partial charge >= 0.3 is 0 Å². The van der Waals surface area contributed by atoms with Gasteiger partial charge in [-0.3, -0.25) is 0 Å². The molecule has 3 rings (SSSR count). The van der Waals surface area contributed by atoms with Gasteiger partial charge in [-0.15, -0.1) is 0 Å². The Labute approximate surface area is 118 Å². The first-order valence-corrected chi connectivity index (χ1v) is 7.72. The first-order valence-electron chi connectivity index (χ1n) is 6.92. The van der Waals surface area contributed by atoms with Crippen LogP contribution in [0, 0.1) is 0 Å². The van der Waals surface area contributed by atoms with Crippen LogP contribution in [0.25, 0.3) is 0 Å². The van der Waals surface area contributed by atoms with Gasteiger partial charge in [-0.05, 0) is 62.0 Å². The standard InChI is InChI=1S/C15H21BrN2/c1-18-7-5-13(10-18)14-3-2-11(8-15(14)16)12-4-6-17-9-12/h2-3,8,12-13,17H,4-7,9-10H2,1H3. The molecule has 0 aromatic heterocycles. The zero-order valence-electron chi connectivity index (χ0n) is 11.0. The fraction of sp³-hybridized carbons (Fsp3) is 0.600. The van der Waals surface area contributed by atoms with E-state index in [2.05, 4.69) is 51.4 Å². The Balaban J connectivity index is 1.80. The van der Waals surface area contributed by atoms with Gasteiger partial charge < -0.3 is 10.2 Å². The van der Waals surface area contributed by atoms with E-state index in [-0.39, 0.29) is 0 Å². The molecule has 2 nitrogen and oxygen atoms in total. The second kappa shape index (κ2) is 5.32. The van der Waals surface area contributed by atoms with Crippen molar-refractivity contribution in [3.63, 3.8) is 0 Å². The summed E-state index contributed by atoms with van der Waals surface area (Å²) in [4.78, 5) is 2.42. The molecule has 18 heavy (non-hydrogen) atoms. The average Bonchev–Trinajstić information content (AvgIpc) is 2.99. The van der Waals surface area contributed by atoms with E-state index in [1.165, 1.54) is 41.5 Å². The third-order valence-electron chi connectivity index (χ3n) is 4.39. The van der Waals surface area contributed by atoms with Crippen LogP contribution in [0.15, 0.2) is 22.7 Å². The lowest BCUT2D eigenvalue weighted by Crippen LogP contribution is -2.13. The molecule has 1 aromatic carbocycles. The lowest BCUT2D eigenvalue weighted by molar-refractivity contribution is 0.411. The van der Waals surface area contributed by atoms with E-state index >= 15 is 0 Å². The van der Waals surface area contributed by atoms with Gasteiger partial charge in [-0.1, -0.05) is 28.1 Å². The summed E-state index contributed by atoms with van der Waals surface area (Å²) in [5, 5.41) is 3.44. The Morgan fingerprint density at radius 3 is 2.78 bits per heavy atom. The molecule has 3 heteroatoms. The molecule has 2 heterocycles. The van der Waals surface area contributed by atoms with E-state index in [4.69, 9.17) is 0 Å². The second-order valence-corrected chi connectivity index (χ2v) is 6.57. The second-order valence-electron chi connectivity index (χ2n) is 5.72. The maximum absolute atomic E-state index is 3.79. The molecule has 2 aliphatic heterocycles. The van der Waals surface area contributed by atoms with Gasteiger partial charge in [0.2, 0.25) is 0 Å². The summed E-state index contributed by atoms with van der Waals surface area (Å²) in [5.74, 6) is 1.42. The quantitative estimate of drug-likeness (QED) is 0.903. The number of hydrogen-bond donors (Lipinski definition) is 1. The minimum Gasteiger partial charge on any atom is -0.316 e. The molecule has 1 N–H and O–H groups in total. The van der Waals surface area contributed by atoms with E-state index in [1.807, 2.05) is 0 Å². The van der Waals surface area contributed by atoms with Crippen LogP contribution in [-0.2, 0) is 0 Å². The lowest BCUT2D eigenvalue weighted by Gasteiger charge is -2.16. The lowest BCUT2D eigenvalue weighted by atomic mass is 9.93. The largest absolute Gasteiger partial charge is 0.316 e. The maximum Gasteiger partial charge on any atom is 0.0213 e. The number of nitrogens with zero attached hydrogens (tertiary/aromatic N) is 1. The van der Waals surface area contributed by atoms with Crippen molar-refractivity contribution in [1.29, 1.82) is 0 Å². The van der Waals surface area contributed by atoms with Crippen molar-refractivity contribution in [3.8, 4) is 0 Å². The van der Waals surface area contributed by atoms with Crippen LogP contribution in [0.2, 0.25) is 0 Å². The molecule has 2 atom stereocenters. The van der Waals surface area contributed by atoms with Crippen LogP contribution in [0.4, 0.5) is 0 Å². The third kappa shape index (κ3) is 2.49. The molecule has 0 bridgehead atoms. The highest BCUT2D eigenvalue weighted by molar-refractivity contribution is 9.10. The third-order valence-corrected chi connectivity index (χ3v) is 5.07. The summed E-state index contributed by atoms with van der Waals surface area (Å²) in [6.45, 7) is 4.73. The summed E-state index contributed by atoms with van der Waals surface area (Å²) in [5.41, 5.74) is 2.98. The highest BCUT2D eigenvalue weighted by atomic mass is 79.9. The molecular formula is C15H21BrN2. The van der Waals surface area contributed by atoms with Crippen LogP contribution in [-0.4, -0.2) is 38.1 Å². The Morgan fingerprint density at radius 1 is 1.28 bits per heavy atom. The van der Waals surface area contributed by atoms with Gasteiger partial charge in [-0.2, -0.15) is 0 Å². The number of likely N-dealkylation sites (N-methyl/N-ethyl adjacent to an activating group) is 1. The number of halogens is 1. The normalized spacial score (nSPS) is 29.0. The molecule has 2 aliphatic rings. The minimum absolute atomic E-state index is 0.708. The van der Waals surface area contributed by atoms with Crippen LogP contribution in [0.3, 0.4) is 0 Å². The molecule has 0 radical (unpaired) electrons. The Bertz CT molecular complexity index is 427. The fourth-order valence-electron chi connectivity index (χ4n) is 3.26. The average molecular weight is 309 g/mol. The Morgan fingerprint density at radius 2 is 2.17 bits per heavy atom. The van der Waals surface area contributed by atoms with Crippen molar-refractivity contribution >= 4 is 15.9 Å². The predicted octanol–water partition coefficient (Wildman–Crippen LogP) is 2.95. The summed E-state index contributed by atoms with van der Waals surface area (Å²) in [7, 11) is 2.21. The van der Waals surface area contributed by atoms with Crippen molar-refractivity contribution in [2.75, 3.05) is 33.2 Å². The van der Waals surface area contributed by atoms with Gasteiger partial charge in [0.15, 0.2) is 0 Å². The first-order chi connectivity index (χ1) is 8.74. The minimum atomic E-state index is 0.708. The number of benzene rings is 1. The summed E-state index contributed by atoms with van der Waals surface area (Å²) >= 11 is 3.79. The van der Waals surface area contributed by atoms with E-state index < -0.39 is 0 Å². The predicted molar refractivity (Wildman–Crippen MR) is 79.2 cm³/mol. The van der Waals surface area contributed by atoms with Gasteiger partial charge in [0, 0.05) is 17.6 Å². The SMILES string of the molecule is CN1CCC(c2ccc(C3CCNC3)cc2Br)C1. The zero-order chi connectivity index (χ0) is 12.5. The van der Waals surface area contributed by atoms with Crippen molar-refractivity contribution in [1.82, 2.24) is 10.2 Å². The number of likely N-dealkylation sites (tertiary alicyclic amines) is 1. The van der Waals surface area contributed by atoms with Crippen molar-refractivity contribution in [3.05, 3.63) is 33.8 Å². The van der Waals surface area contributed by atoms with Crippen LogP contribution >= 0.6 is 15.9 Å². The fourth-order valence-corrected chi connectivity index (χ4v) is 3.98. The molecule has 2 saturated heterocycles. The Kier molecular flexibility index (Phi) is 3.73. The summed E-state index contributed by atoms with van der Waals surface area (Å²) < 4.78 is 1.31. The molecule has 98 valence electrons. The van der Waals surface area contributed by atoms with Crippen LogP contribution in [0.5, 0.6) is 0 Å². The molecule has 0 spiro atoms. The van der Waals surface area contributed by atoms with Crippen LogP contribution < -0.4 is 5.32 Å². The molecule has 2 unspecified atom stereocenters. The summed E-state index contributed by atoms with van der Waals surface area (Å²) in [6.07, 6.45) is 2.57. The first kappa shape index (κ1) is 12.6. The van der Waals surface area contributed by atoms with Gasteiger partial charge in [-0.25, -0.2) is 0 Å². The monoisotopic (exact) mass is 308 g/mol. The zero-order valence-corrected chi connectivity index (χ0v) is 12.5. The van der Waals surface area contributed by atoms with Gasteiger partial charge in [0.05, 0.1) is 0 Å². The molecule has 1 aromatic rings. The van der Waals surface area contributed by atoms with Gasteiger partial charge in [0.1, 0.15) is 0 Å². The van der Waals surface area contributed by atoms with E-state index in [0.717, 1.165) is 13.1 Å². The highest BCUT2D eigenvalue weighted by Gasteiger charge is 2.24. The smallest absolute Gasteiger partial charge is 0.0213 e. The van der Waals surface area contributed by atoms with E-state index in [0.29, 0.717) is 11.8 Å². The molecule has 2 fully saturated rings. The summed E-state index contributed by atoms with van der Waals surface area (Å²) in [6, 6.07) is 7.04. The number of rotatable bonds is 2. The molecule has 0 amide bonds. The van der Waals surface area contributed by atoms with E-state index in [1.54, 1.807) is 0 Å². The molecule has 0 saturated carbocycles. The number of hydrogen-bond acceptors (Lipinski definition) is 2. The highest BCUT2D eigenvalue weighted by Crippen LogP contribution is 2.34. The van der Waals surface area contributed by atoms with Crippen LogP contribution in [0.1, 0.15) is 35.8 Å².